The number of aryl methyl sites for hydroxylation is 1. The van der Waals surface area contributed by atoms with Gasteiger partial charge in [-0.05, 0) is 62.2 Å². The maximum atomic E-state index is 15.1. The number of sulfonamides is 1. The van der Waals surface area contributed by atoms with E-state index in [2.05, 4.69) is 5.32 Å². The van der Waals surface area contributed by atoms with Gasteiger partial charge in [0.2, 0.25) is 11.8 Å². The van der Waals surface area contributed by atoms with Gasteiger partial charge in [0.05, 0.1) is 17.7 Å². The van der Waals surface area contributed by atoms with Gasteiger partial charge in [0, 0.05) is 29.6 Å². The van der Waals surface area contributed by atoms with Crippen LogP contribution in [0.1, 0.15) is 37.0 Å². The smallest absolute Gasteiger partial charge is 0.264 e. The third-order valence-electron chi connectivity index (χ3n) is 7.87. The van der Waals surface area contributed by atoms with Gasteiger partial charge in [0.1, 0.15) is 24.2 Å². The molecular formula is C36H39ClFN3O5S. The van der Waals surface area contributed by atoms with Crippen LogP contribution in [0.15, 0.2) is 102 Å². The van der Waals surface area contributed by atoms with E-state index in [1.165, 1.54) is 54.5 Å². The van der Waals surface area contributed by atoms with Crippen molar-refractivity contribution in [2.45, 2.75) is 57.1 Å². The highest BCUT2D eigenvalue weighted by molar-refractivity contribution is 7.92. The van der Waals surface area contributed by atoms with Gasteiger partial charge in [0.25, 0.3) is 10.0 Å². The molecule has 0 unspecified atom stereocenters. The standard InChI is InChI=1S/C36H39ClFN3O5S/c1-5-26(3)39-36(43)33(21-27-11-7-6-8-12-27)40(23-28-13-9-10-14-31(28)38)35(42)24-41(32-22-29(37)17-20-34(32)46-4)47(44,45)30-18-15-25(2)16-19-30/h6-20,22,26,33H,5,21,23-24H2,1-4H3,(H,39,43)/t26-,33-/m1/s1. The maximum absolute atomic E-state index is 15.1. The highest BCUT2D eigenvalue weighted by Gasteiger charge is 2.36. The molecule has 2 amide bonds. The molecule has 248 valence electrons. The fraction of sp³-hybridized carbons (Fsp3) is 0.278. The lowest BCUT2D eigenvalue weighted by Gasteiger charge is -2.34. The summed E-state index contributed by atoms with van der Waals surface area (Å²) in [7, 11) is -3.01. The molecule has 0 spiro atoms. The Morgan fingerprint density at radius 3 is 2.26 bits per heavy atom. The number of halogens is 2. The lowest BCUT2D eigenvalue weighted by molar-refractivity contribution is -0.140. The molecule has 0 heterocycles. The maximum Gasteiger partial charge on any atom is 0.264 e. The topological polar surface area (TPSA) is 96.0 Å². The molecule has 0 radical (unpaired) electrons. The van der Waals surface area contributed by atoms with Crippen LogP contribution < -0.4 is 14.4 Å². The Kier molecular flexibility index (Phi) is 12.0. The first-order chi connectivity index (χ1) is 22.4. The molecule has 0 aliphatic heterocycles. The summed E-state index contributed by atoms with van der Waals surface area (Å²) in [6.07, 6.45) is 0.747. The average Bonchev–Trinajstić information content (AvgIpc) is 3.06. The minimum Gasteiger partial charge on any atom is -0.495 e. The quantitative estimate of drug-likeness (QED) is 0.163. The van der Waals surface area contributed by atoms with E-state index in [0.717, 1.165) is 15.4 Å². The predicted octanol–water partition coefficient (Wildman–Crippen LogP) is 6.55. The fourth-order valence-electron chi connectivity index (χ4n) is 5.01. The molecule has 1 N–H and O–H groups in total. The number of amides is 2. The molecule has 2 atom stereocenters. The summed E-state index contributed by atoms with van der Waals surface area (Å²) in [5, 5.41) is 3.18. The van der Waals surface area contributed by atoms with E-state index in [0.29, 0.717) is 6.42 Å². The Bertz CT molecular complexity index is 1790. The number of carbonyl (C=O) groups is 2. The van der Waals surface area contributed by atoms with E-state index in [1.54, 1.807) is 24.3 Å². The van der Waals surface area contributed by atoms with Crippen molar-refractivity contribution in [1.82, 2.24) is 10.2 Å². The van der Waals surface area contributed by atoms with Gasteiger partial charge < -0.3 is 15.0 Å². The number of benzene rings is 4. The zero-order valence-electron chi connectivity index (χ0n) is 26.8. The van der Waals surface area contributed by atoms with Gasteiger partial charge in [-0.3, -0.25) is 13.9 Å². The van der Waals surface area contributed by atoms with Gasteiger partial charge in [-0.25, -0.2) is 12.8 Å². The number of hydrogen-bond acceptors (Lipinski definition) is 5. The third kappa shape index (κ3) is 8.90. The molecule has 47 heavy (non-hydrogen) atoms. The largest absolute Gasteiger partial charge is 0.495 e. The molecule has 0 aliphatic rings. The second-order valence-corrected chi connectivity index (χ2v) is 13.6. The summed E-state index contributed by atoms with van der Waals surface area (Å²) in [5.41, 5.74) is 1.81. The number of nitrogens with zero attached hydrogens (tertiary/aromatic N) is 2. The van der Waals surface area contributed by atoms with Crippen LogP contribution in [0.25, 0.3) is 0 Å². The molecule has 0 aliphatic carbocycles. The molecule has 4 aromatic rings. The van der Waals surface area contributed by atoms with Crippen molar-refractivity contribution in [2.24, 2.45) is 0 Å². The first-order valence-corrected chi connectivity index (χ1v) is 17.1. The Balaban J connectivity index is 1.87. The van der Waals surface area contributed by atoms with Gasteiger partial charge in [-0.2, -0.15) is 0 Å². The first kappa shape index (κ1) is 35.4. The SMILES string of the molecule is CC[C@@H](C)NC(=O)[C@@H](Cc1ccccc1)N(Cc1ccccc1F)C(=O)CN(c1cc(Cl)ccc1OC)S(=O)(=O)c1ccc(C)cc1. The zero-order chi connectivity index (χ0) is 34.1. The molecular weight excluding hydrogens is 641 g/mol. The number of methoxy groups -OCH3 is 1. The number of anilines is 1. The van der Waals surface area contributed by atoms with E-state index in [4.69, 9.17) is 16.3 Å². The lowest BCUT2D eigenvalue weighted by Crippen LogP contribution is -2.54. The van der Waals surface area contributed by atoms with E-state index in [1.807, 2.05) is 51.1 Å². The summed E-state index contributed by atoms with van der Waals surface area (Å²) < 4.78 is 50.1. The molecule has 0 saturated heterocycles. The Labute approximate surface area is 281 Å². The minimum atomic E-state index is -4.39. The van der Waals surface area contributed by atoms with Crippen LogP contribution in [0.4, 0.5) is 10.1 Å². The number of ether oxygens (including phenoxy) is 1. The van der Waals surface area contributed by atoms with Crippen molar-refractivity contribution >= 4 is 39.1 Å². The van der Waals surface area contributed by atoms with Crippen molar-refractivity contribution in [3.8, 4) is 5.75 Å². The van der Waals surface area contributed by atoms with Crippen molar-refractivity contribution in [3.05, 3.63) is 125 Å². The monoisotopic (exact) mass is 679 g/mol. The van der Waals surface area contributed by atoms with Gasteiger partial charge in [0.15, 0.2) is 0 Å². The molecule has 0 bridgehead atoms. The molecule has 0 aromatic heterocycles. The Morgan fingerprint density at radius 2 is 1.62 bits per heavy atom. The van der Waals surface area contributed by atoms with Crippen LogP contribution in [-0.4, -0.2) is 50.9 Å². The van der Waals surface area contributed by atoms with Gasteiger partial charge >= 0.3 is 0 Å². The molecule has 4 aromatic carbocycles. The van der Waals surface area contributed by atoms with Crippen molar-refractivity contribution in [2.75, 3.05) is 18.0 Å². The first-order valence-electron chi connectivity index (χ1n) is 15.2. The molecule has 11 heteroatoms. The summed E-state index contributed by atoms with van der Waals surface area (Å²) in [4.78, 5) is 29.7. The molecule has 0 fully saturated rings. The summed E-state index contributed by atoms with van der Waals surface area (Å²) >= 11 is 6.34. The second kappa shape index (κ2) is 15.9. The zero-order valence-corrected chi connectivity index (χ0v) is 28.4. The van der Waals surface area contributed by atoms with Crippen LogP contribution in [0.2, 0.25) is 5.02 Å². The van der Waals surface area contributed by atoms with Crippen molar-refractivity contribution in [1.29, 1.82) is 0 Å². The highest BCUT2D eigenvalue weighted by Crippen LogP contribution is 2.35. The third-order valence-corrected chi connectivity index (χ3v) is 9.88. The van der Waals surface area contributed by atoms with Crippen LogP contribution >= 0.6 is 11.6 Å². The van der Waals surface area contributed by atoms with E-state index in [-0.39, 0.29) is 45.9 Å². The summed E-state index contributed by atoms with van der Waals surface area (Å²) in [6.45, 7) is 4.58. The Hall–Kier alpha value is -4.41. The number of carbonyl (C=O) groups excluding carboxylic acids is 2. The summed E-state index contributed by atoms with van der Waals surface area (Å²) in [5.74, 6) is -1.58. The van der Waals surface area contributed by atoms with E-state index >= 15 is 4.39 Å². The highest BCUT2D eigenvalue weighted by atomic mass is 35.5. The molecule has 0 saturated carbocycles. The number of nitrogens with one attached hydrogen (secondary N) is 1. The van der Waals surface area contributed by atoms with Crippen LogP contribution in [0.5, 0.6) is 5.75 Å². The fourth-order valence-corrected chi connectivity index (χ4v) is 6.60. The van der Waals surface area contributed by atoms with Crippen molar-refractivity contribution < 1.29 is 27.1 Å². The second-order valence-electron chi connectivity index (χ2n) is 11.3. The predicted molar refractivity (Wildman–Crippen MR) is 182 cm³/mol. The van der Waals surface area contributed by atoms with Gasteiger partial charge in [-0.15, -0.1) is 0 Å². The van der Waals surface area contributed by atoms with Crippen LogP contribution in [0.3, 0.4) is 0 Å². The Morgan fingerprint density at radius 1 is 0.957 bits per heavy atom. The van der Waals surface area contributed by atoms with Crippen molar-refractivity contribution in [3.63, 3.8) is 0 Å². The van der Waals surface area contributed by atoms with Crippen LogP contribution in [0, 0.1) is 12.7 Å². The van der Waals surface area contributed by atoms with Gasteiger partial charge in [-0.1, -0.05) is 84.8 Å². The number of rotatable bonds is 14. The normalized spacial score (nSPS) is 12.6. The molecule has 4 rings (SSSR count). The number of hydrogen-bond donors (Lipinski definition) is 1. The van der Waals surface area contributed by atoms with E-state index in [9.17, 15) is 18.0 Å². The van der Waals surface area contributed by atoms with E-state index < -0.39 is 40.2 Å². The average molecular weight is 680 g/mol. The molecule has 8 nitrogen and oxygen atoms in total. The lowest BCUT2D eigenvalue weighted by atomic mass is 10.0. The minimum absolute atomic E-state index is 0.0310. The summed E-state index contributed by atoms with van der Waals surface area (Å²) in [6, 6.07) is 24.5. The van der Waals surface area contributed by atoms with Crippen LogP contribution in [-0.2, 0) is 32.6 Å².